The zero-order valence-corrected chi connectivity index (χ0v) is 14.1. The minimum Gasteiger partial charge on any atom is -0.0622 e. The molecule has 0 saturated carbocycles. The molecule has 0 unspecified atom stereocenters. The summed E-state index contributed by atoms with van der Waals surface area (Å²) in [5.74, 6) is 0. The molecule has 0 heterocycles. The van der Waals surface area contributed by atoms with Gasteiger partial charge in [0.1, 0.15) is 0 Å². The molecule has 0 aliphatic carbocycles. The summed E-state index contributed by atoms with van der Waals surface area (Å²) >= 11 is 0. The van der Waals surface area contributed by atoms with Crippen molar-refractivity contribution in [3.05, 3.63) is 96.1 Å². The van der Waals surface area contributed by atoms with Crippen LogP contribution in [0.25, 0.3) is 33.0 Å². The molecule has 0 heteroatoms. The maximum Gasteiger partial charge on any atom is -0.0145 e. The van der Waals surface area contributed by atoms with Gasteiger partial charge in [-0.05, 0) is 58.0 Å². The Morgan fingerprint density at radius 2 is 0.792 bits per heavy atom. The van der Waals surface area contributed by atoms with Gasteiger partial charge >= 0.3 is 0 Å². The number of rotatable bonds is 2. The molecule has 0 N–H and O–H groups in total. The number of aryl methyl sites for hydroxylation is 2. The van der Waals surface area contributed by atoms with Crippen LogP contribution in [-0.2, 0) is 0 Å². The Morgan fingerprint density at radius 1 is 0.417 bits per heavy atom. The highest BCUT2D eigenvalue weighted by atomic mass is 14.1. The zero-order valence-electron chi connectivity index (χ0n) is 14.1. The number of hydrogen-bond donors (Lipinski definition) is 0. The van der Waals surface area contributed by atoms with E-state index in [2.05, 4.69) is 98.8 Å². The highest BCUT2D eigenvalue weighted by Crippen LogP contribution is 2.35. The minimum atomic E-state index is 1.28. The Labute approximate surface area is 143 Å². The van der Waals surface area contributed by atoms with Crippen LogP contribution < -0.4 is 0 Å². The van der Waals surface area contributed by atoms with Gasteiger partial charge in [0.05, 0.1) is 0 Å². The lowest BCUT2D eigenvalue weighted by molar-refractivity contribution is 1.46. The smallest absolute Gasteiger partial charge is 0.0145 e. The Hall–Kier alpha value is -2.86. The Bertz CT molecular complexity index is 912. The minimum absolute atomic E-state index is 1.28. The van der Waals surface area contributed by atoms with E-state index >= 15 is 0 Å². The van der Waals surface area contributed by atoms with E-state index in [-0.39, 0.29) is 0 Å². The Balaban J connectivity index is 1.93. The first kappa shape index (κ1) is 14.7. The van der Waals surface area contributed by atoms with E-state index in [4.69, 9.17) is 0 Å². The van der Waals surface area contributed by atoms with Crippen molar-refractivity contribution < 1.29 is 0 Å². The lowest BCUT2D eigenvalue weighted by Gasteiger charge is -2.14. The molecule has 24 heavy (non-hydrogen) atoms. The van der Waals surface area contributed by atoms with Crippen LogP contribution in [0.15, 0.2) is 84.9 Å². The van der Waals surface area contributed by atoms with Gasteiger partial charge in [0.25, 0.3) is 0 Å². The standard InChI is InChI=1S/C24H20/c1-17-21(19-9-5-3-6-10-19)13-16-24-18(2)22(14-15-23(17)24)20-11-7-4-8-12-20/h3-16H,1-2H3. The maximum atomic E-state index is 2.27. The molecule has 0 fully saturated rings. The highest BCUT2D eigenvalue weighted by molar-refractivity contribution is 5.97. The first-order valence-corrected chi connectivity index (χ1v) is 8.39. The van der Waals surface area contributed by atoms with Crippen molar-refractivity contribution in [2.24, 2.45) is 0 Å². The van der Waals surface area contributed by atoms with E-state index < -0.39 is 0 Å². The predicted octanol–water partition coefficient (Wildman–Crippen LogP) is 6.79. The first-order valence-electron chi connectivity index (χ1n) is 8.39. The largest absolute Gasteiger partial charge is 0.0622 e. The van der Waals surface area contributed by atoms with E-state index in [1.807, 2.05) is 0 Å². The fourth-order valence-corrected chi connectivity index (χ4v) is 3.57. The second-order valence-corrected chi connectivity index (χ2v) is 6.30. The summed E-state index contributed by atoms with van der Waals surface area (Å²) in [6, 6.07) is 30.3. The van der Waals surface area contributed by atoms with Gasteiger partial charge in [-0.2, -0.15) is 0 Å². The van der Waals surface area contributed by atoms with Gasteiger partial charge < -0.3 is 0 Å². The van der Waals surface area contributed by atoms with E-state index in [9.17, 15) is 0 Å². The topological polar surface area (TPSA) is 0 Å². The molecule has 0 saturated heterocycles. The van der Waals surface area contributed by atoms with E-state index in [1.165, 1.54) is 44.2 Å². The molecule has 0 atom stereocenters. The van der Waals surface area contributed by atoms with E-state index in [0.29, 0.717) is 0 Å². The summed E-state index contributed by atoms with van der Waals surface area (Å²) in [6.07, 6.45) is 0. The van der Waals surface area contributed by atoms with Crippen LogP contribution >= 0.6 is 0 Å². The van der Waals surface area contributed by atoms with Crippen molar-refractivity contribution in [3.63, 3.8) is 0 Å². The predicted molar refractivity (Wildman–Crippen MR) is 104 cm³/mol. The summed E-state index contributed by atoms with van der Waals surface area (Å²) in [5.41, 5.74) is 7.89. The molecule has 0 aliphatic rings. The maximum absolute atomic E-state index is 2.27. The molecule has 0 nitrogen and oxygen atoms in total. The monoisotopic (exact) mass is 308 g/mol. The fourth-order valence-electron chi connectivity index (χ4n) is 3.57. The van der Waals surface area contributed by atoms with Crippen LogP contribution in [0.4, 0.5) is 0 Å². The normalized spacial score (nSPS) is 10.9. The van der Waals surface area contributed by atoms with Crippen LogP contribution in [0.5, 0.6) is 0 Å². The summed E-state index contributed by atoms with van der Waals surface area (Å²) in [5, 5.41) is 2.68. The van der Waals surface area contributed by atoms with E-state index in [0.717, 1.165) is 0 Å². The van der Waals surface area contributed by atoms with Crippen molar-refractivity contribution in [3.8, 4) is 22.3 Å². The third-order valence-corrected chi connectivity index (χ3v) is 4.91. The van der Waals surface area contributed by atoms with Crippen molar-refractivity contribution in [2.75, 3.05) is 0 Å². The van der Waals surface area contributed by atoms with Crippen LogP contribution in [0.3, 0.4) is 0 Å². The summed E-state index contributed by atoms with van der Waals surface area (Å²) < 4.78 is 0. The quantitative estimate of drug-likeness (QED) is 0.382. The highest BCUT2D eigenvalue weighted by Gasteiger charge is 2.10. The first-order chi connectivity index (χ1) is 11.8. The molecule has 0 aliphatic heterocycles. The molecule has 4 rings (SSSR count). The fraction of sp³-hybridized carbons (Fsp3) is 0.0833. The molecule has 0 spiro atoms. The van der Waals surface area contributed by atoms with Gasteiger partial charge in [0.15, 0.2) is 0 Å². The van der Waals surface area contributed by atoms with Gasteiger partial charge in [-0.3, -0.25) is 0 Å². The molecule has 0 aromatic heterocycles. The van der Waals surface area contributed by atoms with Crippen LogP contribution in [0, 0.1) is 13.8 Å². The van der Waals surface area contributed by atoms with Crippen LogP contribution in [0.2, 0.25) is 0 Å². The molecule has 0 amide bonds. The van der Waals surface area contributed by atoms with Gasteiger partial charge in [-0.15, -0.1) is 0 Å². The van der Waals surface area contributed by atoms with Crippen molar-refractivity contribution in [1.82, 2.24) is 0 Å². The van der Waals surface area contributed by atoms with E-state index in [1.54, 1.807) is 0 Å². The van der Waals surface area contributed by atoms with Crippen molar-refractivity contribution in [1.29, 1.82) is 0 Å². The molecule has 4 aromatic rings. The SMILES string of the molecule is Cc1c(-c2ccccc2)ccc2c(C)c(-c3ccccc3)ccc12. The average molecular weight is 308 g/mol. The second kappa shape index (κ2) is 5.98. The summed E-state index contributed by atoms with van der Waals surface area (Å²) in [4.78, 5) is 0. The van der Waals surface area contributed by atoms with Gasteiger partial charge in [0.2, 0.25) is 0 Å². The lowest BCUT2D eigenvalue weighted by Crippen LogP contribution is -1.90. The molecular weight excluding hydrogens is 288 g/mol. The number of fused-ring (bicyclic) bond motifs is 1. The number of hydrogen-bond acceptors (Lipinski definition) is 0. The third kappa shape index (κ3) is 2.41. The van der Waals surface area contributed by atoms with Crippen LogP contribution in [-0.4, -0.2) is 0 Å². The molecule has 0 radical (unpaired) electrons. The summed E-state index contributed by atoms with van der Waals surface area (Å²) in [6.45, 7) is 4.46. The van der Waals surface area contributed by atoms with Crippen molar-refractivity contribution in [2.45, 2.75) is 13.8 Å². The van der Waals surface area contributed by atoms with Gasteiger partial charge in [0, 0.05) is 0 Å². The summed E-state index contributed by atoms with van der Waals surface area (Å²) in [7, 11) is 0. The molecule has 4 aromatic carbocycles. The number of benzene rings is 4. The van der Waals surface area contributed by atoms with Crippen molar-refractivity contribution >= 4 is 10.8 Å². The molecule has 116 valence electrons. The molecule has 0 bridgehead atoms. The van der Waals surface area contributed by atoms with Gasteiger partial charge in [-0.25, -0.2) is 0 Å². The molecular formula is C24H20. The third-order valence-electron chi connectivity index (χ3n) is 4.91. The average Bonchev–Trinajstić information content (AvgIpc) is 2.64. The second-order valence-electron chi connectivity index (χ2n) is 6.30. The van der Waals surface area contributed by atoms with Crippen LogP contribution in [0.1, 0.15) is 11.1 Å². The van der Waals surface area contributed by atoms with Gasteiger partial charge in [-0.1, -0.05) is 84.9 Å². The Kier molecular flexibility index (Phi) is 3.66. The zero-order chi connectivity index (χ0) is 16.5. The lowest BCUT2D eigenvalue weighted by atomic mass is 9.90. The Morgan fingerprint density at radius 3 is 1.17 bits per heavy atom.